The normalized spacial score (nSPS) is 11.1. The van der Waals surface area contributed by atoms with Crippen LogP contribution >= 0.6 is 11.8 Å². The lowest BCUT2D eigenvalue weighted by atomic mass is 10.1. The molecular formula is C13H13N3O2S. The Morgan fingerprint density at radius 2 is 2.26 bits per heavy atom. The minimum Gasteiger partial charge on any atom is -0.466 e. The van der Waals surface area contributed by atoms with Crippen molar-refractivity contribution in [3.05, 3.63) is 35.9 Å². The van der Waals surface area contributed by atoms with E-state index in [2.05, 4.69) is 15.0 Å². The number of para-hydroxylation sites is 1. The van der Waals surface area contributed by atoms with E-state index in [0.29, 0.717) is 10.9 Å². The molecule has 0 saturated carbocycles. The highest BCUT2D eigenvalue weighted by Crippen LogP contribution is 2.21. The van der Waals surface area contributed by atoms with Crippen LogP contribution in [-0.2, 0) is 9.53 Å². The van der Waals surface area contributed by atoms with Crippen molar-refractivity contribution in [2.45, 2.75) is 0 Å². The Balaban J connectivity index is 3.05. The summed E-state index contributed by atoms with van der Waals surface area (Å²) in [5, 5.41) is 11.6. The van der Waals surface area contributed by atoms with Crippen molar-refractivity contribution in [1.29, 1.82) is 5.26 Å². The summed E-state index contributed by atoms with van der Waals surface area (Å²) in [4.78, 5) is 15.4. The number of benzene rings is 1. The minimum atomic E-state index is -0.431. The van der Waals surface area contributed by atoms with Crippen molar-refractivity contribution >= 4 is 34.7 Å². The number of esters is 1. The predicted molar refractivity (Wildman–Crippen MR) is 76.9 cm³/mol. The highest BCUT2D eigenvalue weighted by Gasteiger charge is 2.01. The summed E-state index contributed by atoms with van der Waals surface area (Å²) in [6.07, 6.45) is 6.58. The van der Waals surface area contributed by atoms with Crippen molar-refractivity contribution in [3.8, 4) is 6.19 Å². The number of ether oxygens (including phenoxy) is 1. The third kappa shape index (κ3) is 4.85. The fourth-order valence-corrected chi connectivity index (χ4v) is 1.58. The Morgan fingerprint density at radius 1 is 1.53 bits per heavy atom. The molecule has 98 valence electrons. The topological polar surface area (TPSA) is 74.5 Å². The minimum absolute atomic E-state index is 0.431. The molecule has 1 rings (SSSR count). The van der Waals surface area contributed by atoms with Gasteiger partial charge in [0.2, 0.25) is 0 Å². The zero-order valence-electron chi connectivity index (χ0n) is 10.6. The van der Waals surface area contributed by atoms with Gasteiger partial charge in [0.1, 0.15) is 0 Å². The van der Waals surface area contributed by atoms with Crippen molar-refractivity contribution in [3.63, 3.8) is 0 Å². The van der Waals surface area contributed by atoms with Crippen LogP contribution in [0.4, 0.5) is 5.69 Å². The van der Waals surface area contributed by atoms with E-state index in [1.807, 2.05) is 30.6 Å². The lowest BCUT2D eigenvalue weighted by Crippen LogP contribution is -2.12. The van der Waals surface area contributed by atoms with Crippen LogP contribution in [0.2, 0.25) is 0 Å². The number of nitrogens with one attached hydrogen (secondary N) is 1. The molecule has 0 radical (unpaired) electrons. The van der Waals surface area contributed by atoms with E-state index >= 15 is 0 Å². The molecule has 0 heterocycles. The van der Waals surface area contributed by atoms with Crippen molar-refractivity contribution in [2.75, 3.05) is 13.4 Å². The Morgan fingerprint density at radius 3 is 2.89 bits per heavy atom. The zero-order chi connectivity index (χ0) is 14.1. The first kappa shape index (κ1) is 14.8. The number of nitriles is 1. The van der Waals surface area contributed by atoms with Gasteiger partial charge in [-0.25, -0.2) is 9.79 Å². The van der Waals surface area contributed by atoms with Gasteiger partial charge in [-0.3, -0.25) is 5.32 Å². The van der Waals surface area contributed by atoms with E-state index in [0.717, 1.165) is 5.56 Å². The molecule has 0 fully saturated rings. The van der Waals surface area contributed by atoms with E-state index < -0.39 is 5.97 Å². The lowest BCUT2D eigenvalue weighted by Gasteiger charge is -2.03. The molecule has 1 aromatic carbocycles. The van der Waals surface area contributed by atoms with Gasteiger partial charge in [-0.1, -0.05) is 30.0 Å². The average Bonchev–Trinajstić information content (AvgIpc) is 2.45. The van der Waals surface area contributed by atoms with E-state index in [1.165, 1.54) is 24.9 Å². The molecule has 0 amide bonds. The molecule has 0 aliphatic heterocycles. The molecule has 0 bridgehead atoms. The molecule has 5 nitrogen and oxygen atoms in total. The van der Waals surface area contributed by atoms with Crippen molar-refractivity contribution in [1.82, 2.24) is 5.32 Å². The fraction of sp³-hybridized carbons (Fsp3) is 0.154. The molecule has 0 spiro atoms. The summed E-state index contributed by atoms with van der Waals surface area (Å²) >= 11 is 1.33. The summed E-state index contributed by atoms with van der Waals surface area (Å²) in [5.74, 6) is -0.431. The number of methoxy groups -OCH3 is 1. The molecular weight excluding hydrogens is 262 g/mol. The van der Waals surface area contributed by atoms with E-state index in [1.54, 1.807) is 12.1 Å². The molecule has 0 saturated heterocycles. The van der Waals surface area contributed by atoms with Crippen LogP contribution in [0.1, 0.15) is 5.56 Å². The maximum atomic E-state index is 11.1. The second kappa shape index (κ2) is 7.95. The van der Waals surface area contributed by atoms with Crippen LogP contribution in [-0.4, -0.2) is 24.5 Å². The summed E-state index contributed by atoms with van der Waals surface area (Å²) in [7, 11) is 1.32. The molecule has 0 aliphatic carbocycles. The van der Waals surface area contributed by atoms with Crippen LogP contribution in [0.5, 0.6) is 0 Å². The first-order valence-corrected chi connectivity index (χ1v) is 6.56. The average molecular weight is 275 g/mol. The van der Waals surface area contributed by atoms with Gasteiger partial charge in [0.05, 0.1) is 12.8 Å². The van der Waals surface area contributed by atoms with Gasteiger partial charge < -0.3 is 4.74 Å². The van der Waals surface area contributed by atoms with Gasteiger partial charge in [0, 0.05) is 11.6 Å². The highest BCUT2D eigenvalue weighted by atomic mass is 32.2. The molecule has 6 heteroatoms. The standard InChI is InChI=1S/C13H13N3O2S/c1-18-12(17)8-7-10-5-3-4-6-11(10)16-13(19-2)15-9-14/h3-8H,1-2H3,(H,15,16). The summed E-state index contributed by atoms with van der Waals surface area (Å²) in [6.45, 7) is 0. The van der Waals surface area contributed by atoms with Crippen LogP contribution < -0.4 is 5.32 Å². The number of amidine groups is 1. The number of aliphatic imine (C=N–C) groups is 1. The van der Waals surface area contributed by atoms with E-state index in [4.69, 9.17) is 5.26 Å². The van der Waals surface area contributed by atoms with Gasteiger partial charge in [-0.15, -0.1) is 0 Å². The maximum Gasteiger partial charge on any atom is 0.330 e. The SMILES string of the molecule is COC(=O)C=Cc1ccccc1N=C(NC#N)SC. The number of thioether (sulfide) groups is 1. The predicted octanol–water partition coefficient (Wildman–Crippen LogP) is 2.29. The number of hydrogen-bond acceptors (Lipinski definition) is 5. The third-order valence-electron chi connectivity index (χ3n) is 2.12. The Kier molecular flexibility index (Phi) is 6.19. The number of hydrogen-bond donors (Lipinski definition) is 1. The maximum absolute atomic E-state index is 11.1. The highest BCUT2D eigenvalue weighted by molar-refractivity contribution is 8.13. The zero-order valence-corrected chi connectivity index (χ0v) is 11.4. The van der Waals surface area contributed by atoms with Crippen LogP contribution in [0.25, 0.3) is 6.08 Å². The quantitative estimate of drug-likeness (QED) is 0.229. The Bertz CT molecular complexity index is 547. The number of carbonyl (C=O) groups excluding carboxylic acids is 1. The second-order valence-corrected chi connectivity index (χ2v) is 4.07. The first-order chi connectivity index (χ1) is 9.21. The van der Waals surface area contributed by atoms with Gasteiger partial charge >= 0.3 is 5.97 Å². The monoisotopic (exact) mass is 275 g/mol. The van der Waals surface area contributed by atoms with Crippen molar-refractivity contribution in [2.24, 2.45) is 4.99 Å². The second-order valence-electron chi connectivity index (χ2n) is 3.27. The van der Waals surface area contributed by atoms with Gasteiger partial charge in [0.15, 0.2) is 11.4 Å². The molecule has 1 aromatic rings. The number of rotatable bonds is 3. The molecule has 0 aliphatic rings. The number of carbonyl (C=O) groups is 1. The lowest BCUT2D eigenvalue weighted by molar-refractivity contribution is -0.134. The third-order valence-corrected chi connectivity index (χ3v) is 2.70. The largest absolute Gasteiger partial charge is 0.466 e. The smallest absolute Gasteiger partial charge is 0.330 e. The van der Waals surface area contributed by atoms with Crippen LogP contribution in [0, 0.1) is 11.5 Å². The van der Waals surface area contributed by atoms with Crippen LogP contribution in [0.15, 0.2) is 35.3 Å². The van der Waals surface area contributed by atoms with Gasteiger partial charge in [0.25, 0.3) is 0 Å². The molecule has 0 unspecified atom stereocenters. The summed E-state index contributed by atoms with van der Waals surface area (Å²) in [5.41, 5.74) is 1.42. The molecule has 19 heavy (non-hydrogen) atoms. The molecule has 0 aromatic heterocycles. The van der Waals surface area contributed by atoms with Crippen molar-refractivity contribution < 1.29 is 9.53 Å². The van der Waals surface area contributed by atoms with E-state index in [9.17, 15) is 4.79 Å². The first-order valence-electron chi connectivity index (χ1n) is 5.34. The van der Waals surface area contributed by atoms with Gasteiger partial charge in [-0.2, -0.15) is 5.26 Å². The molecule has 1 N–H and O–H groups in total. The van der Waals surface area contributed by atoms with Crippen LogP contribution in [0.3, 0.4) is 0 Å². The Labute approximate surface area is 116 Å². The fourth-order valence-electron chi connectivity index (χ4n) is 1.24. The summed E-state index contributed by atoms with van der Waals surface area (Å²) < 4.78 is 4.53. The van der Waals surface area contributed by atoms with E-state index in [-0.39, 0.29) is 0 Å². The van der Waals surface area contributed by atoms with Gasteiger partial charge in [-0.05, 0) is 18.4 Å². The summed E-state index contributed by atoms with van der Waals surface area (Å²) in [6, 6.07) is 7.29. The Hall–Kier alpha value is -2.26. The number of nitrogens with zero attached hydrogens (tertiary/aromatic N) is 2. The molecule has 0 atom stereocenters.